The monoisotopic (exact) mass is 266 g/mol. The Morgan fingerprint density at radius 3 is 2.15 bits per heavy atom. The number of nitrogens with one attached hydrogen (secondary N) is 1. The summed E-state index contributed by atoms with van der Waals surface area (Å²) in [7, 11) is 0. The van der Waals surface area contributed by atoms with Crippen molar-refractivity contribution < 1.29 is 0 Å². The average molecular weight is 266 g/mol. The smallest absolute Gasteiger partial charge is 0.0479 e. The van der Waals surface area contributed by atoms with E-state index in [-0.39, 0.29) is 0 Å². The van der Waals surface area contributed by atoms with Crippen LogP contribution >= 0.6 is 0 Å². The lowest BCUT2D eigenvalue weighted by molar-refractivity contribution is 0.196. The van der Waals surface area contributed by atoms with Crippen molar-refractivity contribution in [2.24, 2.45) is 0 Å². The summed E-state index contributed by atoms with van der Waals surface area (Å²) in [5.74, 6) is 0. The van der Waals surface area contributed by atoms with E-state index < -0.39 is 0 Å². The fourth-order valence-corrected chi connectivity index (χ4v) is 2.99. The van der Waals surface area contributed by atoms with Crippen molar-refractivity contribution in [3.05, 3.63) is 71.3 Å². The Hall–Kier alpha value is -1.64. The highest BCUT2D eigenvalue weighted by Gasteiger charge is 2.26. The van der Waals surface area contributed by atoms with Gasteiger partial charge in [-0.05, 0) is 23.2 Å². The van der Waals surface area contributed by atoms with Gasteiger partial charge >= 0.3 is 0 Å². The molecular weight excluding hydrogens is 244 g/mol. The first-order valence-corrected chi connectivity index (χ1v) is 7.45. The van der Waals surface area contributed by atoms with Crippen molar-refractivity contribution in [1.82, 2.24) is 10.2 Å². The van der Waals surface area contributed by atoms with Gasteiger partial charge in [-0.15, -0.1) is 0 Å². The summed E-state index contributed by atoms with van der Waals surface area (Å²) in [4.78, 5) is 2.57. The molecule has 0 amide bonds. The summed E-state index contributed by atoms with van der Waals surface area (Å²) in [6.45, 7) is 6.31. The van der Waals surface area contributed by atoms with Crippen LogP contribution in [0.2, 0.25) is 0 Å². The van der Waals surface area contributed by atoms with Crippen LogP contribution in [-0.4, -0.2) is 18.0 Å². The van der Waals surface area contributed by atoms with Crippen LogP contribution < -0.4 is 5.32 Å². The minimum atomic E-state index is 0.448. The minimum Gasteiger partial charge on any atom is -0.315 e. The van der Waals surface area contributed by atoms with Crippen LogP contribution in [0.25, 0.3) is 0 Å². The van der Waals surface area contributed by atoms with Crippen LogP contribution in [0.5, 0.6) is 0 Å². The molecular formula is C18H22N2. The van der Waals surface area contributed by atoms with Crippen molar-refractivity contribution in [2.45, 2.75) is 26.1 Å². The second-order valence-electron chi connectivity index (χ2n) is 5.41. The second kappa shape index (κ2) is 6.21. The largest absolute Gasteiger partial charge is 0.315 e. The molecule has 2 heteroatoms. The number of rotatable bonds is 5. The maximum absolute atomic E-state index is 3.51. The number of hydrogen-bond donors (Lipinski definition) is 1. The average Bonchev–Trinajstić information content (AvgIpc) is 2.92. The lowest BCUT2D eigenvalue weighted by Gasteiger charge is -2.28. The van der Waals surface area contributed by atoms with Gasteiger partial charge in [-0.1, -0.05) is 61.5 Å². The molecule has 0 fully saturated rings. The molecule has 2 aromatic rings. The van der Waals surface area contributed by atoms with Gasteiger partial charge in [-0.3, -0.25) is 4.90 Å². The zero-order valence-electron chi connectivity index (χ0n) is 12.0. The SMILES string of the molecule is CCNCC(c1ccccc1)N1Cc2ccccc2C1. The van der Waals surface area contributed by atoms with Gasteiger partial charge in [-0.2, -0.15) is 0 Å². The fourth-order valence-electron chi connectivity index (χ4n) is 2.99. The Balaban J connectivity index is 1.81. The van der Waals surface area contributed by atoms with E-state index in [1.165, 1.54) is 16.7 Å². The van der Waals surface area contributed by atoms with Crippen molar-refractivity contribution in [3.63, 3.8) is 0 Å². The van der Waals surface area contributed by atoms with Crippen molar-refractivity contribution in [3.8, 4) is 0 Å². The molecule has 3 rings (SSSR count). The second-order valence-corrected chi connectivity index (χ2v) is 5.41. The van der Waals surface area contributed by atoms with E-state index in [2.05, 4.69) is 71.7 Å². The lowest BCUT2D eigenvalue weighted by Crippen LogP contribution is -2.32. The van der Waals surface area contributed by atoms with Gasteiger partial charge in [0.25, 0.3) is 0 Å². The molecule has 0 aromatic heterocycles. The molecule has 1 unspecified atom stereocenters. The highest BCUT2D eigenvalue weighted by atomic mass is 15.2. The molecule has 1 N–H and O–H groups in total. The van der Waals surface area contributed by atoms with E-state index in [4.69, 9.17) is 0 Å². The summed E-state index contributed by atoms with van der Waals surface area (Å²) in [6.07, 6.45) is 0. The third-order valence-electron chi connectivity index (χ3n) is 4.08. The van der Waals surface area contributed by atoms with Crippen molar-refractivity contribution >= 4 is 0 Å². The molecule has 1 aliphatic rings. The van der Waals surface area contributed by atoms with Gasteiger partial charge in [-0.25, -0.2) is 0 Å². The van der Waals surface area contributed by atoms with Gasteiger partial charge in [0.15, 0.2) is 0 Å². The molecule has 1 heterocycles. The van der Waals surface area contributed by atoms with Gasteiger partial charge in [0.2, 0.25) is 0 Å². The zero-order valence-corrected chi connectivity index (χ0v) is 12.0. The third kappa shape index (κ3) is 2.77. The zero-order chi connectivity index (χ0) is 13.8. The normalized spacial score (nSPS) is 16.1. The standard InChI is InChI=1S/C18H22N2/c1-2-19-12-18(15-8-4-3-5-9-15)20-13-16-10-6-7-11-17(16)14-20/h3-11,18-19H,2,12-14H2,1H3. The first-order chi connectivity index (χ1) is 9.88. The number of likely N-dealkylation sites (N-methyl/N-ethyl adjacent to an activating group) is 1. The molecule has 2 nitrogen and oxygen atoms in total. The maximum Gasteiger partial charge on any atom is 0.0479 e. The minimum absolute atomic E-state index is 0.448. The molecule has 1 atom stereocenters. The van der Waals surface area contributed by atoms with Crippen molar-refractivity contribution in [1.29, 1.82) is 0 Å². The van der Waals surface area contributed by atoms with Gasteiger partial charge < -0.3 is 5.32 Å². The highest BCUT2D eigenvalue weighted by molar-refractivity contribution is 5.31. The predicted molar refractivity (Wildman–Crippen MR) is 83.4 cm³/mol. The molecule has 1 aliphatic heterocycles. The molecule has 0 radical (unpaired) electrons. The summed E-state index contributed by atoms with van der Waals surface area (Å²) in [5, 5.41) is 3.51. The summed E-state index contributed by atoms with van der Waals surface area (Å²) in [6, 6.07) is 20.1. The van der Waals surface area contributed by atoms with Crippen molar-refractivity contribution in [2.75, 3.05) is 13.1 Å². The Bertz CT molecular complexity index is 525. The fraction of sp³-hybridized carbons (Fsp3) is 0.333. The predicted octanol–water partition coefficient (Wildman–Crippen LogP) is 3.35. The van der Waals surface area contributed by atoms with Crippen LogP contribution in [0.3, 0.4) is 0 Å². The first kappa shape index (κ1) is 13.3. The third-order valence-corrected chi connectivity index (χ3v) is 4.08. The van der Waals surface area contributed by atoms with E-state index >= 15 is 0 Å². The van der Waals surface area contributed by atoms with Crippen LogP contribution in [0.4, 0.5) is 0 Å². The van der Waals surface area contributed by atoms with Crippen LogP contribution in [0, 0.1) is 0 Å². The number of hydrogen-bond acceptors (Lipinski definition) is 2. The lowest BCUT2D eigenvalue weighted by atomic mass is 10.1. The number of benzene rings is 2. The molecule has 0 bridgehead atoms. The maximum atomic E-state index is 3.51. The quantitative estimate of drug-likeness (QED) is 0.893. The Morgan fingerprint density at radius 2 is 1.55 bits per heavy atom. The molecule has 2 aromatic carbocycles. The number of nitrogens with zero attached hydrogens (tertiary/aromatic N) is 1. The summed E-state index contributed by atoms with van der Waals surface area (Å²) >= 11 is 0. The summed E-state index contributed by atoms with van der Waals surface area (Å²) < 4.78 is 0. The molecule has 0 aliphatic carbocycles. The van der Waals surface area contributed by atoms with Gasteiger partial charge in [0.1, 0.15) is 0 Å². The first-order valence-electron chi connectivity index (χ1n) is 7.45. The molecule has 20 heavy (non-hydrogen) atoms. The van der Waals surface area contributed by atoms with Gasteiger partial charge in [0, 0.05) is 25.7 Å². The van der Waals surface area contributed by atoms with Crippen LogP contribution in [-0.2, 0) is 13.1 Å². The Labute approximate surface area is 121 Å². The number of fused-ring (bicyclic) bond motifs is 1. The molecule has 0 saturated heterocycles. The molecule has 0 saturated carbocycles. The molecule has 104 valence electrons. The van der Waals surface area contributed by atoms with Crippen LogP contribution in [0.1, 0.15) is 29.7 Å². The van der Waals surface area contributed by atoms with E-state index in [0.717, 1.165) is 26.2 Å². The van der Waals surface area contributed by atoms with Crippen LogP contribution in [0.15, 0.2) is 54.6 Å². The summed E-state index contributed by atoms with van der Waals surface area (Å²) in [5.41, 5.74) is 4.36. The van der Waals surface area contributed by atoms with E-state index in [0.29, 0.717) is 6.04 Å². The Kier molecular flexibility index (Phi) is 4.14. The molecule has 0 spiro atoms. The highest BCUT2D eigenvalue weighted by Crippen LogP contribution is 2.30. The van der Waals surface area contributed by atoms with E-state index in [1.54, 1.807) is 0 Å². The van der Waals surface area contributed by atoms with Gasteiger partial charge in [0.05, 0.1) is 0 Å². The Morgan fingerprint density at radius 1 is 0.950 bits per heavy atom. The van der Waals surface area contributed by atoms with E-state index in [1.807, 2.05) is 0 Å². The van der Waals surface area contributed by atoms with E-state index in [9.17, 15) is 0 Å². The topological polar surface area (TPSA) is 15.3 Å².